The first-order valence-electron chi connectivity index (χ1n) is 5.81. The number of nitrogens with zero attached hydrogens (tertiary/aromatic N) is 2. The molecule has 0 aliphatic carbocycles. The molecule has 1 aromatic rings. The number of carbonyl (C=O) groups is 1. The van der Waals surface area contributed by atoms with Gasteiger partial charge in [0, 0.05) is 18.0 Å². The average molecular weight is 294 g/mol. The first-order valence-corrected chi connectivity index (χ1v) is 6.63. The summed E-state index contributed by atoms with van der Waals surface area (Å²) in [7, 11) is 0. The van der Waals surface area contributed by atoms with E-state index in [0.717, 1.165) is 11.3 Å². The van der Waals surface area contributed by atoms with Gasteiger partial charge >= 0.3 is 12.1 Å². The molecule has 4 nitrogen and oxygen atoms in total. The molecule has 0 bridgehead atoms. The van der Waals surface area contributed by atoms with Gasteiger partial charge in [-0.1, -0.05) is 0 Å². The van der Waals surface area contributed by atoms with Crippen LogP contribution in [0.5, 0.6) is 0 Å². The van der Waals surface area contributed by atoms with Crippen molar-refractivity contribution in [2.45, 2.75) is 25.9 Å². The predicted octanol–water partition coefficient (Wildman–Crippen LogP) is 2.93. The summed E-state index contributed by atoms with van der Waals surface area (Å²) in [5, 5.41) is 9.27. The second-order valence-corrected chi connectivity index (χ2v) is 5.71. The van der Waals surface area contributed by atoms with Crippen molar-refractivity contribution in [3.8, 4) is 0 Å². The van der Waals surface area contributed by atoms with E-state index >= 15 is 0 Å². The molecule has 2 rings (SSSR count). The van der Waals surface area contributed by atoms with E-state index in [0.29, 0.717) is 23.0 Å². The van der Waals surface area contributed by atoms with E-state index in [1.165, 1.54) is 4.90 Å². The van der Waals surface area contributed by atoms with Crippen molar-refractivity contribution in [1.29, 1.82) is 0 Å². The first kappa shape index (κ1) is 14.1. The number of alkyl halides is 3. The number of carboxylic acids is 1. The highest BCUT2D eigenvalue weighted by Crippen LogP contribution is 2.36. The molecule has 0 spiro atoms. The van der Waals surface area contributed by atoms with Crippen molar-refractivity contribution >= 4 is 22.4 Å². The fraction of sp³-hybridized carbons (Fsp3) is 0.636. The smallest absolute Gasteiger partial charge is 0.393 e. The number of carboxylic acid groups (broad SMARTS) is 1. The Kier molecular flexibility index (Phi) is 3.71. The molecule has 1 unspecified atom stereocenters. The summed E-state index contributed by atoms with van der Waals surface area (Å²) in [5.41, 5.74) is -0.0749. The topological polar surface area (TPSA) is 53.4 Å². The van der Waals surface area contributed by atoms with E-state index in [1.54, 1.807) is 6.92 Å². The van der Waals surface area contributed by atoms with Crippen LogP contribution in [0.1, 0.15) is 28.2 Å². The van der Waals surface area contributed by atoms with Crippen molar-refractivity contribution in [3.05, 3.63) is 10.6 Å². The van der Waals surface area contributed by atoms with E-state index in [9.17, 15) is 18.0 Å². The van der Waals surface area contributed by atoms with Crippen LogP contribution in [-0.2, 0) is 0 Å². The first-order chi connectivity index (χ1) is 8.79. The number of halogens is 3. The normalized spacial score (nSPS) is 20.6. The Bertz CT molecular complexity index is 487. The molecular weight excluding hydrogens is 281 g/mol. The minimum absolute atomic E-state index is 0.0749. The summed E-state index contributed by atoms with van der Waals surface area (Å²) in [6.45, 7) is 1.95. The van der Waals surface area contributed by atoms with Gasteiger partial charge in [-0.25, -0.2) is 9.78 Å². The molecule has 8 heteroatoms. The lowest BCUT2D eigenvalue weighted by Gasteiger charge is -2.33. The quantitative estimate of drug-likeness (QED) is 0.911. The molecule has 106 valence electrons. The Hall–Kier alpha value is -1.31. The maximum absolute atomic E-state index is 12.7. The zero-order chi connectivity index (χ0) is 14.2. The molecule has 0 amide bonds. The summed E-state index contributed by atoms with van der Waals surface area (Å²) < 4.78 is 38.1. The summed E-state index contributed by atoms with van der Waals surface area (Å²) in [6.07, 6.45) is -3.65. The zero-order valence-corrected chi connectivity index (χ0v) is 11.0. The fourth-order valence-electron chi connectivity index (χ4n) is 2.13. The number of aromatic carboxylic acids is 1. The number of hydrogen-bond acceptors (Lipinski definition) is 4. The van der Waals surface area contributed by atoms with Crippen LogP contribution in [0.15, 0.2) is 0 Å². The van der Waals surface area contributed by atoms with Gasteiger partial charge in [0.1, 0.15) is 0 Å². The van der Waals surface area contributed by atoms with Crippen LogP contribution in [0.25, 0.3) is 0 Å². The lowest BCUT2D eigenvalue weighted by molar-refractivity contribution is -0.175. The Morgan fingerprint density at radius 3 is 2.74 bits per heavy atom. The van der Waals surface area contributed by atoms with E-state index in [4.69, 9.17) is 5.11 Å². The highest BCUT2D eigenvalue weighted by molar-refractivity contribution is 7.15. The van der Waals surface area contributed by atoms with Crippen molar-refractivity contribution in [1.82, 2.24) is 4.98 Å². The van der Waals surface area contributed by atoms with Gasteiger partial charge in [0.25, 0.3) is 0 Å². The molecule has 19 heavy (non-hydrogen) atoms. The van der Waals surface area contributed by atoms with Crippen molar-refractivity contribution < 1.29 is 23.1 Å². The maximum atomic E-state index is 12.7. The molecule has 0 aromatic carbocycles. The number of rotatable bonds is 2. The summed E-state index contributed by atoms with van der Waals surface area (Å²) >= 11 is 1.13. The molecular formula is C11H13F3N2O2S. The summed E-state index contributed by atoms with van der Waals surface area (Å²) in [5.74, 6) is -2.51. The van der Waals surface area contributed by atoms with Crippen LogP contribution in [0.4, 0.5) is 18.3 Å². The van der Waals surface area contributed by atoms with Crippen molar-refractivity contribution in [2.75, 3.05) is 18.0 Å². The number of thiazole rings is 1. The predicted molar refractivity (Wildman–Crippen MR) is 64.8 cm³/mol. The monoisotopic (exact) mass is 294 g/mol. The minimum Gasteiger partial charge on any atom is -0.476 e. The molecule has 2 heterocycles. The van der Waals surface area contributed by atoms with E-state index < -0.39 is 18.1 Å². The number of aryl methyl sites for hydroxylation is 1. The van der Waals surface area contributed by atoms with Crippen LogP contribution in [-0.4, -0.2) is 35.3 Å². The lowest BCUT2D eigenvalue weighted by atomic mass is 9.98. The number of hydrogen-bond donors (Lipinski definition) is 1. The fourth-order valence-corrected chi connectivity index (χ4v) is 3.07. The molecule has 1 aliphatic heterocycles. The van der Waals surface area contributed by atoms with Crippen LogP contribution >= 0.6 is 11.3 Å². The standard InChI is InChI=1S/C11H13F3N2O2S/c1-6-8(9(17)18)15-10(19-6)16-4-2-3-7(5-16)11(12,13)14/h7H,2-5H2,1H3,(H,17,18). The molecule has 1 N–H and O–H groups in total. The van der Waals surface area contributed by atoms with Gasteiger partial charge in [0.15, 0.2) is 10.8 Å². The lowest BCUT2D eigenvalue weighted by Crippen LogP contribution is -2.41. The van der Waals surface area contributed by atoms with Crippen LogP contribution in [0.3, 0.4) is 0 Å². The second-order valence-electron chi connectivity index (χ2n) is 4.53. The third-order valence-corrected chi connectivity index (χ3v) is 4.17. The average Bonchev–Trinajstić information content (AvgIpc) is 2.70. The molecule has 1 atom stereocenters. The number of anilines is 1. The van der Waals surface area contributed by atoms with Gasteiger partial charge in [0.2, 0.25) is 0 Å². The van der Waals surface area contributed by atoms with Gasteiger partial charge in [-0.15, -0.1) is 11.3 Å². The van der Waals surface area contributed by atoms with Crippen LogP contribution in [0, 0.1) is 12.8 Å². The zero-order valence-electron chi connectivity index (χ0n) is 10.2. The molecule has 0 radical (unpaired) electrons. The van der Waals surface area contributed by atoms with Gasteiger partial charge in [-0.05, 0) is 19.8 Å². The van der Waals surface area contributed by atoms with E-state index in [2.05, 4.69) is 4.98 Å². The van der Waals surface area contributed by atoms with Crippen LogP contribution < -0.4 is 4.90 Å². The van der Waals surface area contributed by atoms with Crippen LogP contribution in [0.2, 0.25) is 0 Å². The third-order valence-electron chi connectivity index (χ3n) is 3.14. The van der Waals surface area contributed by atoms with Gasteiger partial charge in [-0.2, -0.15) is 13.2 Å². The summed E-state index contributed by atoms with van der Waals surface area (Å²) in [6, 6.07) is 0. The summed E-state index contributed by atoms with van der Waals surface area (Å²) in [4.78, 5) is 16.9. The third kappa shape index (κ3) is 2.99. The highest BCUT2D eigenvalue weighted by atomic mass is 32.1. The second kappa shape index (κ2) is 4.99. The Morgan fingerprint density at radius 2 is 2.21 bits per heavy atom. The SMILES string of the molecule is Cc1sc(N2CCCC(C(F)(F)F)C2)nc1C(=O)O. The van der Waals surface area contributed by atoms with E-state index in [-0.39, 0.29) is 18.7 Å². The van der Waals surface area contributed by atoms with Gasteiger partial charge < -0.3 is 10.0 Å². The van der Waals surface area contributed by atoms with Gasteiger partial charge in [0.05, 0.1) is 5.92 Å². The highest BCUT2D eigenvalue weighted by Gasteiger charge is 2.42. The van der Waals surface area contributed by atoms with Gasteiger partial charge in [-0.3, -0.25) is 0 Å². The molecule has 1 saturated heterocycles. The van der Waals surface area contributed by atoms with Crippen molar-refractivity contribution in [2.24, 2.45) is 5.92 Å². The number of aromatic nitrogens is 1. The Morgan fingerprint density at radius 1 is 1.53 bits per heavy atom. The van der Waals surface area contributed by atoms with E-state index in [1.807, 2.05) is 0 Å². The molecule has 1 fully saturated rings. The molecule has 1 aliphatic rings. The van der Waals surface area contributed by atoms with Crippen molar-refractivity contribution in [3.63, 3.8) is 0 Å². The minimum atomic E-state index is -4.21. The molecule has 1 aromatic heterocycles. The Labute approximate surface area is 111 Å². The maximum Gasteiger partial charge on any atom is 0.393 e. The largest absolute Gasteiger partial charge is 0.476 e. The number of piperidine rings is 1. The molecule has 0 saturated carbocycles. The Balaban J connectivity index is 2.18.